The fourth-order valence-corrected chi connectivity index (χ4v) is 3.85. The maximum atomic E-state index is 12.4. The van der Waals surface area contributed by atoms with E-state index in [-0.39, 0.29) is 18.2 Å². The molecule has 1 saturated heterocycles. The molecule has 1 aromatic heterocycles. The second-order valence-corrected chi connectivity index (χ2v) is 8.97. The molecule has 10 heteroatoms. The molecule has 0 saturated carbocycles. The minimum Gasteiger partial charge on any atom is -0.339 e. The van der Waals surface area contributed by atoms with Gasteiger partial charge in [-0.2, -0.15) is 4.98 Å². The number of hydrogen-bond acceptors (Lipinski definition) is 6. The van der Waals surface area contributed by atoms with Gasteiger partial charge in [0.25, 0.3) is 0 Å². The molecule has 0 radical (unpaired) electrons. The number of sulfonamides is 1. The zero-order valence-electron chi connectivity index (χ0n) is 15.4. The van der Waals surface area contributed by atoms with E-state index >= 15 is 0 Å². The molecule has 1 aliphatic rings. The van der Waals surface area contributed by atoms with Gasteiger partial charge in [0.05, 0.1) is 12.2 Å². The van der Waals surface area contributed by atoms with E-state index in [1.807, 2.05) is 0 Å². The van der Waals surface area contributed by atoms with E-state index in [0.717, 1.165) is 11.9 Å². The van der Waals surface area contributed by atoms with Gasteiger partial charge in [-0.1, -0.05) is 16.8 Å². The molecule has 2 heterocycles. The maximum Gasteiger partial charge on any atom is 0.232 e. The van der Waals surface area contributed by atoms with Crippen LogP contribution in [0.5, 0.6) is 0 Å². The number of carbonyl (C=O) groups excluding carboxylic acids is 1. The summed E-state index contributed by atoms with van der Waals surface area (Å²) in [7, 11) is -3.34. The Morgan fingerprint density at radius 2 is 1.83 bits per heavy atom. The molecule has 0 bridgehead atoms. The number of nitrogens with one attached hydrogen (secondary N) is 1. The van der Waals surface area contributed by atoms with Crippen molar-refractivity contribution in [2.24, 2.45) is 0 Å². The summed E-state index contributed by atoms with van der Waals surface area (Å²) in [6.07, 6.45) is 1.37. The molecule has 150 valence electrons. The standard InChI is InChI=1S/C19H17ClN4O4S/c1-29(26,27)23-15-6-2-12(3-7-15)18-21-19(28-22-18)13-10-17(25)24(11-13)16-8-4-14(20)5-9-16/h2-9,13,23H,10-11H2,1H3. The summed E-state index contributed by atoms with van der Waals surface area (Å²) in [5, 5.41) is 4.61. The normalized spacial score (nSPS) is 17.0. The van der Waals surface area contributed by atoms with Gasteiger partial charge in [0.15, 0.2) is 0 Å². The van der Waals surface area contributed by atoms with Crippen LogP contribution in [0.15, 0.2) is 53.1 Å². The van der Waals surface area contributed by atoms with Gasteiger partial charge in [0.1, 0.15) is 0 Å². The van der Waals surface area contributed by atoms with Gasteiger partial charge in [-0.05, 0) is 48.5 Å². The first-order valence-corrected chi connectivity index (χ1v) is 11.0. The van der Waals surface area contributed by atoms with Crippen molar-refractivity contribution < 1.29 is 17.7 Å². The second-order valence-electron chi connectivity index (χ2n) is 6.79. The van der Waals surface area contributed by atoms with Crippen LogP contribution in [0.4, 0.5) is 11.4 Å². The molecule has 8 nitrogen and oxygen atoms in total. The van der Waals surface area contributed by atoms with E-state index in [1.54, 1.807) is 53.4 Å². The van der Waals surface area contributed by atoms with Gasteiger partial charge in [-0.15, -0.1) is 0 Å². The van der Waals surface area contributed by atoms with Crippen LogP contribution in [-0.4, -0.2) is 37.3 Å². The quantitative estimate of drug-likeness (QED) is 0.663. The van der Waals surface area contributed by atoms with E-state index in [1.165, 1.54) is 0 Å². The number of rotatable bonds is 5. The summed E-state index contributed by atoms with van der Waals surface area (Å²) in [4.78, 5) is 18.5. The summed E-state index contributed by atoms with van der Waals surface area (Å²) >= 11 is 5.91. The number of benzene rings is 2. The predicted octanol–water partition coefficient (Wildman–Crippen LogP) is 3.28. The maximum absolute atomic E-state index is 12.4. The average Bonchev–Trinajstić information content (AvgIpc) is 3.29. The zero-order chi connectivity index (χ0) is 20.6. The Bertz CT molecular complexity index is 1140. The minimum atomic E-state index is -3.34. The van der Waals surface area contributed by atoms with E-state index in [4.69, 9.17) is 16.1 Å². The highest BCUT2D eigenvalue weighted by atomic mass is 35.5. The van der Waals surface area contributed by atoms with Gasteiger partial charge >= 0.3 is 0 Å². The lowest BCUT2D eigenvalue weighted by Crippen LogP contribution is -2.24. The first kappa shape index (κ1) is 19.4. The van der Waals surface area contributed by atoms with Gasteiger partial charge < -0.3 is 9.42 Å². The number of carbonyl (C=O) groups is 1. The Kier molecular flexibility index (Phi) is 5.01. The third-order valence-electron chi connectivity index (χ3n) is 4.50. The molecule has 3 aromatic rings. The van der Waals surface area contributed by atoms with Crippen LogP contribution >= 0.6 is 11.6 Å². The fourth-order valence-electron chi connectivity index (χ4n) is 3.16. The van der Waals surface area contributed by atoms with Crippen LogP contribution < -0.4 is 9.62 Å². The number of halogens is 1. The van der Waals surface area contributed by atoms with Crippen LogP contribution in [0.25, 0.3) is 11.4 Å². The molecule has 4 rings (SSSR count). The second kappa shape index (κ2) is 7.49. The molecule has 1 fully saturated rings. The Hall–Kier alpha value is -2.91. The molecule has 1 unspecified atom stereocenters. The number of anilines is 2. The molecular formula is C19H17ClN4O4S. The molecule has 1 atom stereocenters. The van der Waals surface area contributed by atoms with Crippen LogP contribution in [0, 0.1) is 0 Å². The highest BCUT2D eigenvalue weighted by Crippen LogP contribution is 2.32. The monoisotopic (exact) mass is 432 g/mol. The highest BCUT2D eigenvalue weighted by Gasteiger charge is 2.35. The molecule has 0 aliphatic carbocycles. The lowest BCUT2D eigenvalue weighted by atomic mass is 10.1. The van der Waals surface area contributed by atoms with Crippen molar-refractivity contribution in [1.29, 1.82) is 0 Å². The van der Waals surface area contributed by atoms with Crippen molar-refractivity contribution in [1.82, 2.24) is 10.1 Å². The Balaban J connectivity index is 1.49. The van der Waals surface area contributed by atoms with Crippen molar-refractivity contribution in [2.75, 3.05) is 22.4 Å². The predicted molar refractivity (Wildman–Crippen MR) is 109 cm³/mol. The molecular weight excluding hydrogens is 416 g/mol. The van der Waals surface area contributed by atoms with Crippen molar-refractivity contribution in [3.8, 4) is 11.4 Å². The SMILES string of the molecule is CS(=O)(=O)Nc1ccc(-c2noc(C3CC(=O)N(c4ccc(Cl)cc4)C3)n2)cc1. The van der Waals surface area contributed by atoms with Crippen molar-refractivity contribution in [2.45, 2.75) is 12.3 Å². The Labute approximate surface area is 172 Å². The van der Waals surface area contributed by atoms with Crippen LogP contribution in [0.1, 0.15) is 18.2 Å². The summed E-state index contributed by atoms with van der Waals surface area (Å²) < 4.78 is 30.4. The van der Waals surface area contributed by atoms with E-state index in [9.17, 15) is 13.2 Å². The largest absolute Gasteiger partial charge is 0.339 e. The van der Waals surface area contributed by atoms with E-state index in [2.05, 4.69) is 14.9 Å². The third kappa shape index (κ3) is 4.41. The summed E-state index contributed by atoms with van der Waals surface area (Å²) in [6, 6.07) is 13.7. The smallest absolute Gasteiger partial charge is 0.232 e. The van der Waals surface area contributed by atoms with Gasteiger partial charge in [0.2, 0.25) is 27.6 Å². The molecule has 0 spiro atoms. The minimum absolute atomic E-state index is 0.0201. The molecule has 29 heavy (non-hydrogen) atoms. The van der Waals surface area contributed by atoms with Crippen molar-refractivity contribution in [3.63, 3.8) is 0 Å². The summed E-state index contributed by atoms with van der Waals surface area (Å²) in [6.45, 7) is 0.444. The van der Waals surface area contributed by atoms with Crippen molar-refractivity contribution >= 4 is 38.9 Å². The molecule has 2 aromatic carbocycles. The van der Waals surface area contributed by atoms with Gasteiger partial charge in [0, 0.05) is 34.9 Å². The van der Waals surface area contributed by atoms with E-state index < -0.39 is 10.0 Å². The first-order valence-electron chi connectivity index (χ1n) is 8.76. The average molecular weight is 433 g/mol. The number of aromatic nitrogens is 2. The third-order valence-corrected chi connectivity index (χ3v) is 5.36. The summed E-state index contributed by atoms with van der Waals surface area (Å²) in [5.74, 6) is 0.547. The zero-order valence-corrected chi connectivity index (χ0v) is 16.9. The van der Waals surface area contributed by atoms with Gasteiger partial charge in [-0.3, -0.25) is 9.52 Å². The lowest BCUT2D eigenvalue weighted by molar-refractivity contribution is -0.117. The Morgan fingerprint density at radius 3 is 2.48 bits per heavy atom. The van der Waals surface area contributed by atoms with Crippen molar-refractivity contribution in [3.05, 3.63) is 59.4 Å². The van der Waals surface area contributed by atoms with Gasteiger partial charge in [-0.25, -0.2) is 8.42 Å². The Morgan fingerprint density at radius 1 is 1.14 bits per heavy atom. The van der Waals surface area contributed by atoms with E-state index in [0.29, 0.717) is 34.5 Å². The first-order chi connectivity index (χ1) is 13.8. The number of nitrogens with zero attached hydrogens (tertiary/aromatic N) is 3. The number of amides is 1. The highest BCUT2D eigenvalue weighted by molar-refractivity contribution is 7.92. The molecule has 1 aliphatic heterocycles. The van der Waals surface area contributed by atoms with Crippen LogP contribution in [0.2, 0.25) is 5.02 Å². The topological polar surface area (TPSA) is 105 Å². The molecule has 1 amide bonds. The summed E-state index contributed by atoms with van der Waals surface area (Å²) in [5.41, 5.74) is 1.90. The molecule has 1 N–H and O–H groups in total. The van der Waals surface area contributed by atoms with Crippen LogP contribution in [-0.2, 0) is 14.8 Å². The van der Waals surface area contributed by atoms with Crippen LogP contribution in [0.3, 0.4) is 0 Å². The lowest BCUT2D eigenvalue weighted by Gasteiger charge is -2.15. The fraction of sp³-hybridized carbons (Fsp3) is 0.211. The number of hydrogen-bond donors (Lipinski definition) is 1.